The largest absolute Gasteiger partial charge is 0.495 e. The molecule has 0 radical (unpaired) electrons. The van der Waals surface area contributed by atoms with Gasteiger partial charge in [-0.3, -0.25) is 0 Å². The SMILES string of the molecule is COc1ccccc1N(C)C1(C(=O)O)CCCC1. The third-order valence-corrected chi connectivity index (χ3v) is 3.92. The van der Waals surface area contributed by atoms with Gasteiger partial charge in [-0.05, 0) is 25.0 Å². The number of carboxylic acid groups (broad SMARTS) is 1. The molecule has 98 valence electrons. The highest BCUT2D eigenvalue weighted by Gasteiger charge is 2.45. The Morgan fingerprint density at radius 2 is 1.94 bits per heavy atom. The molecule has 1 aromatic carbocycles. The van der Waals surface area contributed by atoms with Gasteiger partial charge in [-0.25, -0.2) is 4.79 Å². The van der Waals surface area contributed by atoms with Crippen molar-refractivity contribution < 1.29 is 14.6 Å². The molecule has 0 aromatic heterocycles. The zero-order valence-electron chi connectivity index (χ0n) is 10.8. The van der Waals surface area contributed by atoms with E-state index in [-0.39, 0.29) is 0 Å². The van der Waals surface area contributed by atoms with Crippen LogP contribution in [0.15, 0.2) is 24.3 Å². The second-order valence-corrected chi connectivity index (χ2v) is 4.77. The molecule has 18 heavy (non-hydrogen) atoms. The van der Waals surface area contributed by atoms with Crippen molar-refractivity contribution in [2.24, 2.45) is 0 Å². The molecule has 0 amide bonds. The number of methoxy groups -OCH3 is 1. The van der Waals surface area contributed by atoms with E-state index in [1.807, 2.05) is 36.2 Å². The molecular weight excluding hydrogens is 230 g/mol. The lowest BCUT2D eigenvalue weighted by Gasteiger charge is -2.37. The summed E-state index contributed by atoms with van der Waals surface area (Å²) in [5.74, 6) is -0.0269. The van der Waals surface area contributed by atoms with Gasteiger partial charge in [0.1, 0.15) is 11.3 Å². The molecular formula is C14H19NO3. The van der Waals surface area contributed by atoms with Crippen LogP contribution in [0.25, 0.3) is 0 Å². The van der Waals surface area contributed by atoms with Crippen LogP contribution in [0, 0.1) is 0 Å². The molecule has 0 unspecified atom stereocenters. The lowest BCUT2D eigenvalue weighted by atomic mass is 9.95. The third kappa shape index (κ3) is 1.92. The quantitative estimate of drug-likeness (QED) is 0.890. The molecule has 0 saturated heterocycles. The summed E-state index contributed by atoms with van der Waals surface area (Å²) in [5.41, 5.74) is 0.0542. The maximum absolute atomic E-state index is 11.7. The molecule has 4 heteroatoms. The summed E-state index contributed by atoms with van der Waals surface area (Å²) in [5, 5.41) is 9.58. The van der Waals surface area contributed by atoms with E-state index in [0.29, 0.717) is 18.6 Å². The zero-order valence-corrected chi connectivity index (χ0v) is 10.8. The summed E-state index contributed by atoms with van der Waals surface area (Å²) in [6, 6.07) is 7.55. The summed E-state index contributed by atoms with van der Waals surface area (Å²) in [6.45, 7) is 0. The van der Waals surface area contributed by atoms with E-state index in [1.54, 1.807) is 7.11 Å². The highest BCUT2D eigenvalue weighted by molar-refractivity contribution is 5.84. The lowest BCUT2D eigenvalue weighted by Crippen LogP contribution is -2.51. The van der Waals surface area contributed by atoms with Gasteiger partial charge in [-0.15, -0.1) is 0 Å². The number of hydrogen-bond acceptors (Lipinski definition) is 3. The molecule has 0 heterocycles. The molecule has 1 aliphatic rings. The molecule has 4 nitrogen and oxygen atoms in total. The third-order valence-electron chi connectivity index (χ3n) is 3.92. The van der Waals surface area contributed by atoms with Crippen LogP contribution in [-0.4, -0.2) is 30.8 Å². The van der Waals surface area contributed by atoms with Gasteiger partial charge >= 0.3 is 5.97 Å². The monoisotopic (exact) mass is 249 g/mol. The predicted octanol–water partition coefficient (Wildman–Crippen LogP) is 2.53. The van der Waals surface area contributed by atoms with E-state index >= 15 is 0 Å². The first-order valence-corrected chi connectivity index (χ1v) is 6.22. The van der Waals surface area contributed by atoms with E-state index in [4.69, 9.17) is 4.74 Å². The summed E-state index contributed by atoms with van der Waals surface area (Å²) >= 11 is 0. The fourth-order valence-corrected chi connectivity index (χ4v) is 2.79. The van der Waals surface area contributed by atoms with Crippen LogP contribution in [0.1, 0.15) is 25.7 Å². The standard InChI is InChI=1S/C14H19NO3/c1-15(11-7-3-4-8-12(11)18-2)14(13(16)17)9-5-6-10-14/h3-4,7-8H,5-6,9-10H2,1-2H3,(H,16,17). The second kappa shape index (κ2) is 4.88. The zero-order chi connectivity index (χ0) is 13.2. The Hall–Kier alpha value is -1.71. The van der Waals surface area contributed by atoms with E-state index in [1.165, 1.54) is 0 Å². The van der Waals surface area contributed by atoms with Crippen molar-refractivity contribution in [2.75, 3.05) is 19.1 Å². The fourth-order valence-electron chi connectivity index (χ4n) is 2.79. The van der Waals surface area contributed by atoms with E-state index in [2.05, 4.69) is 0 Å². The maximum Gasteiger partial charge on any atom is 0.329 e. The molecule has 1 aliphatic carbocycles. The van der Waals surface area contributed by atoms with Crippen molar-refractivity contribution in [2.45, 2.75) is 31.2 Å². The molecule has 1 aromatic rings. The van der Waals surface area contributed by atoms with Gasteiger partial charge in [0.2, 0.25) is 0 Å². The van der Waals surface area contributed by atoms with Gasteiger partial charge in [0.05, 0.1) is 12.8 Å². The van der Waals surface area contributed by atoms with Crippen LogP contribution < -0.4 is 9.64 Å². The van der Waals surface area contributed by atoms with Crippen LogP contribution in [0.5, 0.6) is 5.75 Å². The van der Waals surface area contributed by atoms with Gasteiger partial charge in [-0.2, -0.15) is 0 Å². The van der Waals surface area contributed by atoms with Gasteiger partial charge in [0.15, 0.2) is 0 Å². The minimum atomic E-state index is -0.783. The highest BCUT2D eigenvalue weighted by atomic mass is 16.5. The maximum atomic E-state index is 11.7. The number of carbonyl (C=O) groups is 1. The number of nitrogens with zero attached hydrogens (tertiary/aromatic N) is 1. The Morgan fingerprint density at radius 1 is 1.33 bits per heavy atom. The summed E-state index contributed by atoms with van der Waals surface area (Å²) in [6.07, 6.45) is 3.31. The molecule has 1 saturated carbocycles. The molecule has 0 atom stereocenters. The average Bonchev–Trinajstić information content (AvgIpc) is 2.88. The number of benzene rings is 1. The summed E-state index contributed by atoms with van der Waals surface area (Å²) < 4.78 is 5.32. The normalized spacial score (nSPS) is 17.4. The van der Waals surface area contributed by atoms with Crippen LogP contribution in [0.3, 0.4) is 0 Å². The Balaban J connectivity index is 2.40. The number of aliphatic carboxylic acids is 1. The molecule has 0 spiro atoms. The average molecular weight is 249 g/mol. The minimum absolute atomic E-state index is 0.691. The highest BCUT2D eigenvalue weighted by Crippen LogP contribution is 2.40. The number of anilines is 1. The Morgan fingerprint density at radius 3 is 2.50 bits per heavy atom. The van der Waals surface area contributed by atoms with Crippen LogP contribution in [0.2, 0.25) is 0 Å². The number of rotatable bonds is 4. The Labute approximate surface area is 107 Å². The van der Waals surface area contributed by atoms with Crippen molar-refractivity contribution in [1.82, 2.24) is 0 Å². The smallest absolute Gasteiger partial charge is 0.329 e. The second-order valence-electron chi connectivity index (χ2n) is 4.77. The molecule has 0 aliphatic heterocycles. The molecule has 2 rings (SSSR count). The Kier molecular flexibility index (Phi) is 3.45. The summed E-state index contributed by atoms with van der Waals surface area (Å²) in [7, 11) is 3.45. The fraction of sp³-hybridized carbons (Fsp3) is 0.500. The Bertz CT molecular complexity index is 438. The topological polar surface area (TPSA) is 49.8 Å². The number of para-hydroxylation sites is 2. The number of carboxylic acids is 1. The first-order chi connectivity index (χ1) is 8.62. The van der Waals surface area contributed by atoms with E-state index in [9.17, 15) is 9.90 Å². The van der Waals surface area contributed by atoms with Gasteiger partial charge in [0, 0.05) is 7.05 Å². The van der Waals surface area contributed by atoms with E-state index in [0.717, 1.165) is 18.5 Å². The molecule has 1 N–H and O–H groups in total. The van der Waals surface area contributed by atoms with Crippen LogP contribution in [-0.2, 0) is 4.79 Å². The summed E-state index contributed by atoms with van der Waals surface area (Å²) in [4.78, 5) is 13.5. The first-order valence-electron chi connectivity index (χ1n) is 6.22. The lowest BCUT2D eigenvalue weighted by molar-refractivity contribution is -0.143. The van der Waals surface area contributed by atoms with Gasteiger partial charge in [0.25, 0.3) is 0 Å². The molecule has 0 bridgehead atoms. The van der Waals surface area contributed by atoms with Gasteiger partial charge in [-0.1, -0.05) is 25.0 Å². The van der Waals surface area contributed by atoms with Crippen LogP contribution >= 0.6 is 0 Å². The number of ether oxygens (including phenoxy) is 1. The van der Waals surface area contributed by atoms with Crippen molar-refractivity contribution in [3.63, 3.8) is 0 Å². The predicted molar refractivity (Wildman–Crippen MR) is 70.2 cm³/mol. The van der Waals surface area contributed by atoms with Crippen molar-refractivity contribution in [3.8, 4) is 5.75 Å². The van der Waals surface area contributed by atoms with Crippen molar-refractivity contribution in [1.29, 1.82) is 0 Å². The number of likely N-dealkylation sites (N-methyl/N-ethyl adjacent to an activating group) is 1. The number of hydrogen-bond donors (Lipinski definition) is 1. The molecule has 1 fully saturated rings. The van der Waals surface area contributed by atoms with Crippen LogP contribution in [0.4, 0.5) is 5.69 Å². The first kappa shape index (κ1) is 12.7. The van der Waals surface area contributed by atoms with E-state index < -0.39 is 11.5 Å². The van der Waals surface area contributed by atoms with Gasteiger partial charge < -0.3 is 14.7 Å². The van der Waals surface area contributed by atoms with Crippen molar-refractivity contribution in [3.05, 3.63) is 24.3 Å². The minimum Gasteiger partial charge on any atom is -0.495 e. The van der Waals surface area contributed by atoms with Crippen molar-refractivity contribution >= 4 is 11.7 Å².